The fraction of sp³-hybridized carbons (Fsp3) is 0.429. The van der Waals surface area contributed by atoms with E-state index in [-0.39, 0.29) is 5.82 Å². The van der Waals surface area contributed by atoms with E-state index in [2.05, 4.69) is 37.3 Å². The number of hydrogen-bond acceptors (Lipinski definition) is 4. The highest BCUT2D eigenvalue weighted by Crippen LogP contribution is 2.22. The van der Waals surface area contributed by atoms with Crippen LogP contribution < -0.4 is 15.5 Å². The van der Waals surface area contributed by atoms with Gasteiger partial charge < -0.3 is 20.4 Å². The molecule has 0 radical (unpaired) electrons. The summed E-state index contributed by atoms with van der Waals surface area (Å²) in [6, 6.07) is 11.3. The summed E-state index contributed by atoms with van der Waals surface area (Å²) in [5.41, 5.74) is 2.51. The molecule has 0 bridgehead atoms. The Morgan fingerprint density at radius 1 is 1.11 bits per heavy atom. The lowest BCUT2D eigenvalue weighted by Gasteiger charge is -2.35. The second-order valence-electron chi connectivity index (χ2n) is 6.81. The monoisotopic (exact) mass is 384 g/mol. The third-order valence-corrected chi connectivity index (χ3v) is 5.02. The van der Waals surface area contributed by atoms with Crippen LogP contribution in [-0.4, -0.2) is 55.6 Å². The first kappa shape index (κ1) is 20.1. The zero-order valence-corrected chi connectivity index (χ0v) is 16.7. The molecule has 1 saturated heterocycles. The Bertz CT molecular complexity index is 772. The van der Waals surface area contributed by atoms with Crippen molar-refractivity contribution in [3.8, 4) is 0 Å². The van der Waals surface area contributed by atoms with Crippen LogP contribution in [0.4, 0.5) is 10.1 Å². The first-order chi connectivity index (χ1) is 13.7. The topological polar surface area (TPSA) is 55.8 Å². The van der Waals surface area contributed by atoms with Gasteiger partial charge in [0.25, 0.3) is 0 Å². The van der Waals surface area contributed by atoms with Gasteiger partial charge in [-0.2, -0.15) is 0 Å². The van der Waals surface area contributed by atoms with Gasteiger partial charge in [0.15, 0.2) is 5.96 Å². The van der Waals surface area contributed by atoms with Crippen molar-refractivity contribution < 1.29 is 4.39 Å². The highest BCUT2D eigenvalue weighted by atomic mass is 19.1. The van der Waals surface area contributed by atoms with Crippen molar-refractivity contribution in [3.05, 3.63) is 59.7 Å². The Balaban J connectivity index is 1.52. The lowest BCUT2D eigenvalue weighted by Crippen LogP contribution is -2.46. The molecular formula is C21H29FN6. The predicted molar refractivity (Wildman–Crippen MR) is 112 cm³/mol. The van der Waals surface area contributed by atoms with Crippen LogP contribution in [0.1, 0.15) is 18.2 Å². The van der Waals surface area contributed by atoms with Crippen molar-refractivity contribution >= 4 is 11.6 Å². The smallest absolute Gasteiger partial charge is 0.191 e. The highest BCUT2D eigenvalue weighted by molar-refractivity contribution is 5.79. The number of benzene rings is 1. The summed E-state index contributed by atoms with van der Waals surface area (Å²) in [5.74, 6) is 0.492. The minimum atomic E-state index is -0.166. The van der Waals surface area contributed by atoms with Crippen molar-refractivity contribution in [2.24, 2.45) is 4.99 Å². The van der Waals surface area contributed by atoms with Gasteiger partial charge in [0, 0.05) is 46.0 Å². The number of rotatable bonds is 6. The quantitative estimate of drug-likeness (QED) is 0.591. The average molecular weight is 385 g/mol. The van der Waals surface area contributed by atoms with Crippen LogP contribution in [-0.2, 0) is 13.1 Å². The van der Waals surface area contributed by atoms with E-state index in [1.54, 1.807) is 19.3 Å². The number of piperazine rings is 1. The lowest BCUT2D eigenvalue weighted by atomic mass is 10.1. The van der Waals surface area contributed by atoms with Gasteiger partial charge in [0.1, 0.15) is 5.82 Å². The minimum absolute atomic E-state index is 0.166. The van der Waals surface area contributed by atoms with Crippen molar-refractivity contribution in [2.45, 2.75) is 20.0 Å². The third-order valence-electron chi connectivity index (χ3n) is 5.02. The second kappa shape index (κ2) is 10.0. The molecule has 1 fully saturated rings. The normalized spacial score (nSPS) is 15.5. The molecule has 0 atom stereocenters. The summed E-state index contributed by atoms with van der Waals surface area (Å²) in [7, 11) is 1.72. The number of nitrogens with zero attached hydrogens (tertiary/aromatic N) is 4. The molecule has 1 aromatic carbocycles. The highest BCUT2D eigenvalue weighted by Gasteiger charge is 2.18. The van der Waals surface area contributed by atoms with Gasteiger partial charge in [-0.1, -0.05) is 19.1 Å². The van der Waals surface area contributed by atoms with Gasteiger partial charge in [0.2, 0.25) is 0 Å². The van der Waals surface area contributed by atoms with Crippen LogP contribution in [0.5, 0.6) is 0 Å². The number of anilines is 1. The molecule has 150 valence electrons. The molecule has 2 heterocycles. The first-order valence-corrected chi connectivity index (χ1v) is 9.79. The molecule has 0 aliphatic carbocycles. The largest absolute Gasteiger partial charge is 0.367 e. The maximum Gasteiger partial charge on any atom is 0.191 e. The summed E-state index contributed by atoms with van der Waals surface area (Å²) in [4.78, 5) is 13.0. The summed E-state index contributed by atoms with van der Waals surface area (Å²) in [6.07, 6.45) is 1.76. The Hall–Kier alpha value is -2.67. The summed E-state index contributed by atoms with van der Waals surface area (Å²) in [6.45, 7) is 8.00. The predicted octanol–water partition coefficient (Wildman–Crippen LogP) is 2.23. The third kappa shape index (κ3) is 5.42. The molecule has 7 heteroatoms. The van der Waals surface area contributed by atoms with Gasteiger partial charge >= 0.3 is 0 Å². The molecule has 0 amide bonds. The molecule has 0 saturated carbocycles. The zero-order chi connectivity index (χ0) is 19.8. The van der Waals surface area contributed by atoms with Crippen molar-refractivity contribution in [1.29, 1.82) is 0 Å². The van der Waals surface area contributed by atoms with Gasteiger partial charge in [0.05, 0.1) is 17.9 Å². The van der Waals surface area contributed by atoms with Crippen molar-refractivity contribution in [1.82, 2.24) is 20.5 Å². The summed E-state index contributed by atoms with van der Waals surface area (Å²) >= 11 is 0. The van der Waals surface area contributed by atoms with Crippen molar-refractivity contribution in [2.75, 3.05) is 44.7 Å². The Labute approximate surface area is 166 Å². The van der Waals surface area contributed by atoms with Gasteiger partial charge in [-0.05, 0) is 36.4 Å². The number of pyridine rings is 1. The molecule has 3 rings (SSSR count). The lowest BCUT2D eigenvalue weighted by molar-refractivity contribution is 0.270. The van der Waals surface area contributed by atoms with E-state index < -0.39 is 0 Å². The second-order valence-corrected chi connectivity index (χ2v) is 6.81. The molecule has 2 aromatic rings. The molecule has 28 heavy (non-hydrogen) atoms. The molecule has 2 N–H and O–H groups in total. The molecule has 0 spiro atoms. The van der Waals surface area contributed by atoms with Crippen LogP contribution in [0.15, 0.2) is 47.6 Å². The molecule has 1 aromatic heterocycles. The van der Waals surface area contributed by atoms with Crippen molar-refractivity contribution in [3.63, 3.8) is 0 Å². The number of likely N-dealkylation sites (N-methyl/N-ethyl adjacent to an activating group) is 1. The van der Waals surface area contributed by atoms with Gasteiger partial charge in [-0.25, -0.2) is 4.39 Å². The number of guanidine groups is 1. The fourth-order valence-corrected chi connectivity index (χ4v) is 3.31. The minimum Gasteiger partial charge on any atom is -0.367 e. The van der Waals surface area contributed by atoms with Gasteiger partial charge in [-0.15, -0.1) is 0 Å². The van der Waals surface area contributed by atoms with E-state index in [0.29, 0.717) is 24.7 Å². The Kier molecular flexibility index (Phi) is 7.19. The number of hydrogen-bond donors (Lipinski definition) is 2. The van der Waals surface area contributed by atoms with Gasteiger partial charge in [-0.3, -0.25) is 9.98 Å². The van der Waals surface area contributed by atoms with Crippen LogP contribution >= 0.6 is 0 Å². The SMILES string of the molecule is CCN1CCN(c2ccc(CNC(=NC)NCc3ccccn3)cc2F)CC1. The Morgan fingerprint density at radius 2 is 1.89 bits per heavy atom. The summed E-state index contributed by atoms with van der Waals surface area (Å²) in [5, 5.41) is 6.43. The van der Waals surface area contributed by atoms with E-state index in [1.165, 1.54) is 0 Å². The van der Waals surface area contributed by atoms with Crippen LogP contribution in [0, 0.1) is 5.82 Å². The van der Waals surface area contributed by atoms with Crippen LogP contribution in [0.25, 0.3) is 0 Å². The zero-order valence-electron chi connectivity index (χ0n) is 16.7. The molecule has 1 aliphatic rings. The number of halogens is 1. The van der Waals surface area contributed by atoms with E-state index in [0.717, 1.165) is 44.0 Å². The average Bonchev–Trinajstić information content (AvgIpc) is 2.75. The summed E-state index contributed by atoms with van der Waals surface area (Å²) < 4.78 is 14.7. The molecule has 6 nitrogen and oxygen atoms in total. The van der Waals surface area contributed by atoms with E-state index >= 15 is 0 Å². The number of aliphatic imine (C=N–C) groups is 1. The maximum atomic E-state index is 14.7. The fourth-order valence-electron chi connectivity index (χ4n) is 3.31. The van der Waals surface area contributed by atoms with E-state index in [1.807, 2.05) is 30.3 Å². The molecular weight excluding hydrogens is 355 g/mol. The maximum absolute atomic E-state index is 14.7. The molecule has 1 aliphatic heterocycles. The van der Waals surface area contributed by atoms with Crippen LogP contribution in [0.2, 0.25) is 0 Å². The number of aromatic nitrogens is 1. The van der Waals surface area contributed by atoms with Crippen LogP contribution in [0.3, 0.4) is 0 Å². The van der Waals surface area contributed by atoms with E-state index in [9.17, 15) is 4.39 Å². The van der Waals surface area contributed by atoms with E-state index in [4.69, 9.17) is 0 Å². The Morgan fingerprint density at radius 3 is 2.54 bits per heavy atom. The molecule has 0 unspecified atom stereocenters. The first-order valence-electron chi connectivity index (χ1n) is 9.79. The number of nitrogens with one attached hydrogen (secondary N) is 2. The standard InChI is InChI=1S/C21H29FN6/c1-3-27-10-12-28(13-11-27)20-8-7-17(14-19(20)22)15-25-21(23-2)26-16-18-6-4-5-9-24-18/h4-9,14H,3,10-13,15-16H2,1-2H3,(H2,23,25,26).